The molecule has 1 aromatic rings. The van der Waals surface area contributed by atoms with Crippen LogP contribution in [0.2, 0.25) is 0 Å². The van der Waals surface area contributed by atoms with Gasteiger partial charge in [-0.25, -0.2) is 0 Å². The van der Waals surface area contributed by atoms with E-state index in [0.717, 1.165) is 6.42 Å². The van der Waals surface area contributed by atoms with E-state index < -0.39 is 0 Å². The first-order valence-electron chi connectivity index (χ1n) is 7.05. The third-order valence-corrected chi connectivity index (χ3v) is 5.25. The van der Waals surface area contributed by atoms with Gasteiger partial charge in [-0.2, -0.15) is 0 Å². The van der Waals surface area contributed by atoms with Crippen LogP contribution in [0.25, 0.3) is 0 Å². The molecule has 0 bridgehead atoms. The van der Waals surface area contributed by atoms with Gasteiger partial charge in [-0.3, -0.25) is 0 Å². The van der Waals surface area contributed by atoms with E-state index in [4.69, 9.17) is 0 Å². The number of hydrogen-bond acceptors (Lipinski definition) is 3. The molecule has 1 aliphatic rings. The van der Waals surface area contributed by atoms with Crippen LogP contribution in [0.5, 0.6) is 0 Å². The number of aliphatic hydroxyl groups excluding tert-OH is 1. The molecule has 1 aliphatic carbocycles. The van der Waals surface area contributed by atoms with Crippen molar-refractivity contribution in [2.45, 2.75) is 58.6 Å². The molecular weight excluding hydrogens is 322 g/mol. The van der Waals surface area contributed by atoms with Crippen molar-refractivity contribution in [3.63, 3.8) is 0 Å². The molecule has 0 saturated carbocycles. The van der Waals surface area contributed by atoms with Gasteiger partial charge in [0, 0.05) is 17.5 Å². The predicted octanol–water partition coefficient (Wildman–Crippen LogP) is 4.27. The molecule has 0 radical (unpaired) electrons. The number of thiophene rings is 1. The third-order valence-electron chi connectivity index (χ3n) is 3.53. The molecule has 4 heteroatoms. The molecule has 0 fully saturated rings. The Bertz CT molecular complexity index is 424. The quantitative estimate of drug-likeness (QED) is 0.853. The molecule has 0 aromatic carbocycles. The second-order valence-electron chi connectivity index (χ2n) is 6.70. The van der Waals surface area contributed by atoms with Gasteiger partial charge in [-0.1, -0.05) is 20.8 Å². The van der Waals surface area contributed by atoms with Gasteiger partial charge in [0.05, 0.1) is 9.89 Å². The molecule has 2 N–H and O–H groups in total. The Hall–Kier alpha value is 0.100. The number of aliphatic hydroxyl groups is 1. The lowest BCUT2D eigenvalue weighted by molar-refractivity contribution is 0.115. The van der Waals surface area contributed by atoms with Gasteiger partial charge >= 0.3 is 0 Å². The van der Waals surface area contributed by atoms with Crippen LogP contribution in [-0.2, 0) is 6.42 Å². The number of hydrogen-bond donors (Lipinski definition) is 2. The molecule has 108 valence electrons. The van der Waals surface area contributed by atoms with E-state index in [9.17, 15) is 5.11 Å². The molecule has 2 rings (SSSR count). The van der Waals surface area contributed by atoms with Crippen LogP contribution in [0.1, 0.15) is 56.5 Å². The van der Waals surface area contributed by atoms with E-state index in [1.54, 1.807) is 0 Å². The van der Waals surface area contributed by atoms with Crippen molar-refractivity contribution in [2.24, 2.45) is 5.41 Å². The molecule has 1 aromatic heterocycles. The summed E-state index contributed by atoms with van der Waals surface area (Å²) in [5.41, 5.74) is 1.62. The van der Waals surface area contributed by atoms with Crippen molar-refractivity contribution >= 4 is 27.3 Å². The first-order chi connectivity index (χ1) is 8.85. The standard InChI is InChI=1S/C15H24BrNOS/c1-15(2,3)8-10(18)9-17-12-5-4-6-13-11(12)7-14(16)19-13/h7,10,12,17-18H,4-6,8-9H2,1-3H3. The van der Waals surface area contributed by atoms with Gasteiger partial charge in [0.1, 0.15) is 0 Å². The van der Waals surface area contributed by atoms with Crippen molar-refractivity contribution in [3.05, 3.63) is 20.3 Å². The topological polar surface area (TPSA) is 32.3 Å². The second kappa shape index (κ2) is 6.25. The van der Waals surface area contributed by atoms with Crippen molar-refractivity contribution in [1.82, 2.24) is 5.32 Å². The second-order valence-corrected chi connectivity index (χ2v) is 9.22. The Balaban J connectivity index is 1.90. The lowest BCUT2D eigenvalue weighted by Gasteiger charge is -2.27. The van der Waals surface area contributed by atoms with Gasteiger partial charge in [0.2, 0.25) is 0 Å². The fraction of sp³-hybridized carbons (Fsp3) is 0.733. The van der Waals surface area contributed by atoms with Crippen molar-refractivity contribution < 1.29 is 5.11 Å². The normalized spacial score (nSPS) is 21.2. The van der Waals surface area contributed by atoms with Crippen LogP contribution in [0.4, 0.5) is 0 Å². The Morgan fingerprint density at radius 1 is 1.53 bits per heavy atom. The van der Waals surface area contributed by atoms with Gasteiger partial charge in [0.25, 0.3) is 0 Å². The molecule has 0 saturated heterocycles. The van der Waals surface area contributed by atoms with Crippen LogP contribution in [0.3, 0.4) is 0 Å². The average Bonchev–Trinajstić information content (AvgIpc) is 2.64. The van der Waals surface area contributed by atoms with E-state index >= 15 is 0 Å². The van der Waals surface area contributed by atoms with Gasteiger partial charge in [-0.05, 0) is 58.7 Å². The number of fused-ring (bicyclic) bond motifs is 1. The molecule has 2 nitrogen and oxygen atoms in total. The van der Waals surface area contributed by atoms with Crippen LogP contribution < -0.4 is 5.32 Å². The molecule has 0 spiro atoms. The van der Waals surface area contributed by atoms with Crippen molar-refractivity contribution in [2.75, 3.05) is 6.54 Å². The largest absolute Gasteiger partial charge is 0.392 e. The number of nitrogens with one attached hydrogen (secondary N) is 1. The lowest BCUT2D eigenvalue weighted by Crippen LogP contribution is -2.33. The van der Waals surface area contributed by atoms with Crippen LogP contribution in [0.15, 0.2) is 9.85 Å². The van der Waals surface area contributed by atoms with Crippen LogP contribution in [-0.4, -0.2) is 17.8 Å². The monoisotopic (exact) mass is 345 g/mol. The molecular formula is C15H24BrNOS. The summed E-state index contributed by atoms with van der Waals surface area (Å²) in [6, 6.07) is 2.66. The van der Waals surface area contributed by atoms with Crippen molar-refractivity contribution in [3.8, 4) is 0 Å². The van der Waals surface area contributed by atoms with E-state index in [2.05, 4.69) is 48.1 Å². The smallest absolute Gasteiger partial charge is 0.0704 e. The fourth-order valence-electron chi connectivity index (χ4n) is 2.79. The lowest BCUT2D eigenvalue weighted by atomic mass is 9.88. The molecule has 0 amide bonds. The van der Waals surface area contributed by atoms with Gasteiger partial charge in [-0.15, -0.1) is 11.3 Å². The van der Waals surface area contributed by atoms with E-state index in [0.29, 0.717) is 12.6 Å². The summed E-state index contributed by atoms with van der Waals surface area (Å²) in [7, 11) is 0. The van der Waals surface area contributed by atoms with E-state index in [1.807, 2.05) is 11.3 Å². The first kappa shape index (κ1) is 15.5. The highest BCUT2D eigenvalue weighted by Crippen LogP contribution is 2.37. The van der Waals surface area contributed by atoms with Gasteiger partial charge < -0.3 is 10.4 Å². The van der Waals surface area contributed by atoms with E-state index in [-0.39, 0.29) is 11.5 Å². The predicted molar refractivity (Wildman–Crippen MR) is 85.8 cm³/mol. The highest BCUT2D eigenvalue weighted by atomic mass is 79.9. The minimum absolute atomic E-state index is 0.185. The minimum Gasteiger partial charge on any atom is -0.392 e. The maximum Gasteiger partial charge on any atom is 0.0704 e. The first-order valence-corrected chi connectivity index (χ1v) is 8.66. The zero-order valence-electron chi connectivity index (χ0n) is 12.0. The number of aryl methyl sites for hydroxylation is 1. The Labute approximate surface area is 128 Å². The van der Waals surface area contributed by atoms with Crippen LogP contribution >= 0.6 is 27.3 Å². The number of rotatable bonds is 4. The minimum atomic E-state index is -0.257. The SMILES string of the molecule is CC(C)(C)CC(O)CNC1CCCc2sc(Br)cc21. The molecule has 0 aliphatic heterocycles. The summed E-state index contributed by atoms with van der Waals surface area (Å²) in [6.07, 6.45) is 4.21. The molecule has 2 unspecified atom stereocenters. The Morgan fingerprint density at radius 3 is 2.95 bits per heavy atom. The van der Waals surface area contributed by atoms with Crippen molar-refractivity contribution in [1.29, 1.82) is 0 Å². The maximum absolute atomic E-state index is 10.1. The highest BCUT2D eigenvalue weighted by molar-refractivity contribution is 9.11. The maximum atomic E-state index is 10.1. The summed E-state index contributed by atoms with van der Waals surface area (Å²) in [4.78, 5) is 1.50. The Morgan fingerprint density at radius 2 is 2.26 bits per heavy atom. The zero-order chi connectivity index (χ0) is 14.0. The summed E-state index contributed by atoms with van der Waals surface area (Å²) < 4.78 is 1.22. The number of halogens is 1. The molecule has 2 atom stereocenters. The molecule has 19 heavy (non-hydrogen) atoms. The molecule has 1 heterocycles. The zero-order valence-corrected chi connectivity index (χ0v) is 14.4. The Kier molecular flexibility index (Phi) is 5.09. The van der Waals surface area contributed by atoms with Gasteiger partial charge in [0.15, 0.2) is 0 Å². The summed E-state index contributed by atoms with van der Waals surface area (Å²) >= 11 is 5.43. The van der Waals surface area contributed by atoms with Crippen LogP contribution in [0, 0.1) is 5.41 Å². The van der Waals surface area contributed by atoms with E-state index in [1.165, 1.54) is 33.5 Å². The summed E-state index contributed by atoms with van der Waals surface area (Å²) in [5.74, 6) is 0. The average molecular weight is 346 g/mol. The highest BCUT2D eigenvalue weighted by Gasteiger charge is 2.24. The fourth-order valence-corrected chi connectivity index (χ4v) is 4.61. The summed E-state index contributed by atoms with van der Waals surface area (Å²) in [5, 5.41) is 13.6. The summed E-state index contributed by atoms with van der Waals surface area (Å²) in [6.45, 7) is 7.20. The third kappa shape index (κ3) is 4.55.